The number of carbonyl (C=O) groups is 2. The molecule has 0 bridgehead atoms. The van der Waals surface area contributed by atoms with Gasteiger partial charge in [-0.2, -0.15) is 0 Å². The highest BCUT2D eigenvalue weighted by Crippen LogP contribution is 2.20. The largest absolute Gasteiger partial charge is 0.391 e. The van der Waals surface area contributed by atoms with Crippen LogP contribution in [0.15, 0.2) is 18.2 Å². The van der Waals surface area contributed by atoms with E-state index in [1.54, 1.807) is 6.07 Å². The molecule has 2 amide bonds. The van der Waals surface area contributed by atoms with E-state index in [1.165, 1.54) is 12.1 Å². The van der Waals surface area contributed by atoms with Crippen molar-refractivity contribution in [3.05, 3.63) is 33.8 Å². The zero-order valence-corrected chi connectivity index (χ0v) is 14.0. The fourth-order valence-electron chi connectivity index (χ4n) is 1.85. The van der Waals surface area contributed by atoms with Crippen LogP contribution in [-0.2, 0) is 4.79 Å². The Balaban J connectivity index is 2.39. The number of halogens is 2. The quantitative estimate of drug-likeness (QED) is 0.708. The highest BCUT2D eigenvalue weighted by atomic mass is 35.5. The van der Waals surface area contributed by atoms with Gasteiger partial charge in [0.25, 0.3) is 5.91 Å². The third-order valence-corrected chi connectivity index (χ3v) is 3.41. The Morgan fingerprint density at radius 3 is 2.50 bits per heavy atom. The Morgan fingerprint density at radius 2 is 1.91 bits per heavy atom. The second-order valence-electron chi connectivity index (χ2n) is 5.39. The van der Waals surface area contributed by atoms with Crippen LogP contribution in [0.25, 0.3) is 0 Å². The van der Waals surface area contributed by atoms with Gasteiger partial charge in [-0.3, -0.25) is 9.59 Å². The Labute approximate surface area is 140 Å². The fourth-order valence-corrected chi connectivity index (χ4v) is 2.35. The second kappa shape index (κ2) is 8.98. The molecule has 22 heavy (non-hydrogen) atoms. The summed E-state index contributed by atoms with van der Waals surface area (Å²) in [6, 6.07) is 4.50. The van der Waals surface area contributed by atoms with Crippen LogP contribution < -0.4 is 10.6 Å². The van der Waals surface area contributed by atoms with Gasteiger partial charge in [0, 0.05) is 11.6 Å². The van der Waals surface area contributed by atoms with Crippen molar-refractivity contribution < 1.29 is 14.7 Å². The highest BCUT2D eigenvalue weighted by molar-refractivity contribution is 6.36. The van der Waals surface area contributed by atoms with E-state index in [1.807, 2.05) is 13.8 Å². The SMILES string of the molecule is CC(C)CC(O)CNC(=O)CNC(=O)c1ccc(Cl)cc1Cl. The van der Waals surface area contributed by atoms with Crippen LogP contribution in [0.1, 0.15) is 30.6 Å². The van der Waals surface area contributed by atoms with Crippen LogP contribution in [0.3, 0.4) is 0 Å². The summed E-state index contributed by atoms with van der Waals surface area (Å²) in [4.78, 5) is 23.5. The average Bonchev–Trinajstić information content (AvgIpc) is 2.41. The van der Waals surface area contributed by atoms with Crippen molar-refractivity contribution in [1.29, 1.82) is 0 Å². The molecule has 0 aliphatic rings. The molecule has 0 radical (unpaired) electrons. The molecular formula is C15H20Cl2N2O3. The van der Waals surface area contributed by atoms with Crippen LogP contribution in [0.2, 0.25) is 10.0 Å². The first-order chi connectivity index (χ1) is 10.3. The minimum absolute atomic E-state index is 0.161. The monoisotopic (exact) mass is 346 g/mol. The predicted octanol–water partition coefficient (Wildman–Crippen LogP) is 2.25. The van der Waals surface area contributed by atoms with Crippen LogP contribution >= 0.6 is 23.2 Å². The third-order valence-electron chi connectivity index (χ3n) is 2.86. The maximum atomic E-state index is 11.9. The molecule has 0 heterocycles. The number of aliphatic hydroxyl groups is 1. The molecule has 0 fully saturated rings. The number of rotatable bonds is 7. The smallest absolute Gasteiger partial charge is 0.253 e. The zero-order valence-electron chi connectivity index (χ0n) is 12.5. The van der Waals surface area contributed by atoms with Crippen molar-refractivity contribution in [2.45, 2.75) is 26.4 Å². The number of amides is 2. The first-order valence-corrected chi connectivity index (χ1v) is 7.73. The molecule has 0 saturated carbocycles. The molecular weight excluding hydrogens is 327 g/mol. The van der Waals surface area contributed by atoms with Crippen molar-refractivity contribution in [3.63, 3.8) is 0 Å². The lowest BCUT2D eigenvalue weighted by molar-refractivity contribution is -0.120. The summed E-state index contributed by atoms with van der Waals surface area (Å²) in [6.07, 6.45) is 0.0119. The van der Waals surface area contributed by atoms with Gasteiger partial charge in [0.1, 0.15) is 0 Å². The molecule has 0 aliphatic carbocycles. The van der Waals surface area contributed by atoms with Gasteiger partial charge in [-0.25, -0.2) is 0 Å². The first-order valence-electron chi connectivity index (χ1n) is 6.97. The van der Waals surface area contributed by atoms with Gasteiger partial charge in [0.2, 0.25) is 5.91 Å². The predicted molar refractivity (Wildman–Crippen MR) is 87.3 cm³/mol. The maximum Gasteiger partial charge on any atom is 0.253 e. The van der Waals surface area contributed by atoms with E-state index in [9.17, 15) is 14.7 Å². The number of aliphatic hydroxyl groups excluding tert-OH is 1. The molecule has 1 unspecified atom stereocenters. The average molecular weight is 347 g/mol. The topological polar surface area (TPSA) is 78.4 Å². The van der Waals surface area contributed by atoms with Crippen molar-refractivity contribution >= 4 is 35.0 Å². The molecule has 7 heteroatoms. The third kappa shape index (κ3) is 6.64. The molecule has 0 saturated heterocycles. The van der Waals surface area contributed by atoms with Gasteiger partial charge in [-0.05, 0) is 30.5 Å². The molecule has 122 valence electrons. The van der Waals surface area contributed by atoms with Gasteiger partial charge in [-0.1, -0.05) is 37.0 Å². The summed E-state index contributed by atoms with van der Waals surface area (Å²) >= 11 is 11.7. The molecule has 0 aliphatic heterocycles. The van der Waals surface area contributed by atoms with Gasteiger partial charge in [-0.15, -0.1) is 0 Å². The minimum Gasteiger partial charge on any atom is -0.391 e. The van der Waals surface area contributed by atoms with Crippen LogP contribution in [0.4, 0.5) is 0 Å². The van der Waals surface area contributed by atoms with Gasteiger partial charge >= 0.3 is 0 Å². The van der Waals surface area contributed by atoms with Crippen molar-refractivity contribution in [2.24, 2.45) is 5.92 Å². The Kier molecular flexibility index (Phi) is 7.65. The van der Waals surface area contributed by atoms with Gasteiger partial charge < -0.3 is 15.7 Å². The number of hydrogen-bond donors (Lipinski definition) is 3. The molecule has 5 nitrogen and oxygen atoms in total. The lowest BCUT2D eigenvalue weighted by atomic mass is 10.1. The van der Waals surface area contributed by atoms with E-state index in [0.29, 0.717) is 17.4 Å². The number of nitrogens with one attached hydrogen (secondary N) is 2. The Hall–Kier alpha value is -1.30. The van der Waals surface area contributed by atoms with E-state index in [0.717, 1.165) is 0 Å². The second-order valence-corrected chi connectivity index (χ2v) is 6.24. The zero-order chi connectivity index (χ0) is 16.7. The molecule has 0 spiro atoms. The fraction of sp³-hybridized carbons (Fsp3) is 0.467. The summed E-state index contributed by atoms with van der Waals surface area (Å²) in [5, 5.41) is 15.3. The lowest BCUT2D eigenvalue weighted by Gasteiger charge is -2.14. The normalized spacial score (nSPS) is 12.1. The maximum absolute atomic E-state index is 11.9. The van der Waals surface area contributed by atoms with Gasteiger partial charge in [0.05, 0.1) is 23.2 Å². The first kappa shape index (κ1) is 18.7. The van der Waals surface area contributed by atoms with Crippen molar-refractivity contribution in [1.82, 2.24) is 10.6 Å². The molecule has 1 aromatic rings. The van der Waals surface area contributed by atoms with E-state index in [2.05, 4.69) is 10.6 Å². The lowest BCUT2D eigenvalue weighted by Crippen LogP contribution is -2.40. The van der Waals surface area contributed by atoms with Crippen molar-refractivity contribution in [3.8, 4) is 0 Å². The van der Waals surface area contributed by atoms with E-state index < -0.39 is 12.0 Å². The number of hydrogen-bond acceptors (Lipinski definition) is 3. The van der Waals surface area contributed by atoms with Crippen molar-refractivity contribution in [2.75, 3.05) is 13.1 Å². The highest BCUT2D eigenvalue weighted by Gasteiger charge is 2.13. The Bertz CT molecular complexity index is 536. The van der Waals surface area contributed by atoms with E-state index >= 15 is 0 Å². The summed E-state index contributed by atoms with van der Waals surface area (Å²) in [5.74, 6) is -0.487. The van der Waals surface area contributed by atoms with Crippen LogP contribution in [0.5, 0.6) is 0 Å². The number of carbonyl (C=O) groups excluding carboxylic acids is 2. The van der Waals surface area contributed by atoms with Crippen LogP contribution in [-0.4, -0.2) is 36.1 Å². The van der Waals surface area contributed by atoms with E-state index in [-0.39, 0.29) is 29.6 Å². The van der Waals surface area contributed by atoms with Gasteiger partial charge in [0.15, 0.2) is 0 Å². The summed E-state index contributed by atoms with van der Waals surface area (Å²) in [7, 11) is 0. The molecule has 1 rings (SSSR count). The van der Waals surface area contributed by atoms with E-state index in [4.69, 9.17) is 23.2 Å². The summed E-state index contributed by atoms with van der Waals surface area (Å²) in [6.45, 7) is 3.95. The Morgan fingerprint density at radius 1 is 1.23 bits per heavy atom. The van der Waals surface area contributed by atoms with Crippen LogP contribution in [0, 0.1) is 5.92 Å². The standard InChI is InChI=1S/C15H20Cl2N2O3/c1-9(2)5-11(20)7-18-14(21)8-19-15(22)12-4-3-10(16)6-13(12)17/h3-4,6,9,11,20H,5,7-8H2,1-2H3,(H,18,21)(H,19,22). The summed E-state index contributed by atoms with van der Waals surface area (Å²) in [5.41, 5.74) is 0.249. The molecule has 3 N–H and O–H groups in total. The molecule has 0 aromatic heterocycles. The number of benzene rings is 1. The molecule has 1 aromatic carbocycles. The molecule has 1 atom stereocenters. The minimum atomic E-state index is -0.592. The summed E-state index contributed by atoms with van der Waals surface area (Å²) < 4.78 is 0.